The van der Waals surface area contributed by atoms with Gasteiger partial charge in [0.25, 0.3) is 5.91 Å². The quantitative estimate of drug-likeness (QED) is 0.591. The van der Waals surface area contributed by atoms with E-state index < -0.39 is 9.84 Å². The first-order chi connectivity index (χ1) is 15.8. The highest BCUT2D eigenvalue weighted by molar-refractivity contribution is 8.15. The lowest BCUT2D eigenvalue weighted by atomic mass is 10.1. The minimum absolute atomic E-state index is 0.0701. The Labute approximate surface area is 202 Å². The molecule has 4 rings (SSSR count). The number of methoxy groups -OCH3 is 2. The summed E-state index contributed by atoms with van der Waals surface area (Å²) in [6.45, 7) is 0.445. The van der Waals surface area contributed by atoms with Crippen LogP contribution in [0.5, 0.6) is 11.5 Å². The minimum atomic E-state index is -3.01. The maximum absolute atomic E-state index is 12.7. The van der Waals surface area contributed by atoms with Crippen molar-refractivity contribution in [3.05, 3.63) is 52.5 Å². The van der Waals surface area contributed by atoms with E-state index in [1.54, 1.807) is 32.4 Å². The number of benzene rings is 2. The molecule has 176 valence electrons. The van der Waals surface area contributed by atoms with Crippen molar-refractivity contribution < 1.29 is 22.7 Å². The Morgan fingerprint density at radius 2 is 1.94 bits per heavy atom. The molecule has 2 aliphatic heterocycles. The Bertz CT molecular complexity index is 1200. The van der Waals surface area contributed by atoms with E-state index in [9.17, 15) is 13.2 Å². The van der Waals surface area contributed by atoms with Gasteiger partial charge in [0.1, 0.15) is 0 Å². The molecule has 2 aromatic rings. The highest BCUT2D eigenvalue weighted by Gasteiger charge is 2.42. The largest absolute Gasteiger partial charge is 0.493 e. The van der Waals surface area contributed by atoms with Crippen LogP contribution in [0.15, 0.2) is 41.4 Å². The van der Waals surface area contributed by atoms with E-state index in [4.69, 9.17) is 21.1 Å². The maximum atomic E-state index is 12.7. The SMILES string of the molecule is COc1ccc(CCNC(=O)c2ccc(Cl)c(NC3=N[C@H]4CS(=O)(=O)C[C@H]4S3)c2)cc1OC. The van der Waals surface area contributed by atoms with Crippen molar-refractivity contribution in [3.8, 4) is 11.5 Å². The van der Waals surface area contributed by atoms with Gasteiger partial charge in [0.05, 0.1) is 42.5 Å². The summed E-state index contributed by atoms with van der Waals surface area (Å²) in [6.07, 6.45) is 0.629. The van der Waals surface area contributed by atoms with E-state index in [0.717, 1.165) is 5.56 Å². The topological polar surface area (TPSA) is 106 Å². The molecule has 2 N–H and O–H groups in total. The van der Waals surface area contributed by atoms with Crippen LogP contribution in [0.1, 0.15) is 15.9 Å². The number of fused-ring (bicyclic) bond motifs is 1. The van der Waals surface area contributed by atoms with E-state index in [0.29, 0.717) is 45.9 Å². The van der Waals surface area contributed by atoms with Gasteiger partial charge in [-0.2, -0.15) is 0 Å². The number of hydrogen-bond donors (Lipinski definition) is 2. The summed E-state index contributed by atoms with van der Waals surface area (Å²) < 4.78 is 34.0. The molecule has 11 heteroatoms. The van der Waals surface area contributed by atoms with Crippen LogP contribution in [0.2, 0.25) is 5.02 Å². The maximum Gasteiger partial charge on any atom is 0.251 e. The summed E-state index contributed by atoms with van der Waals surface area (Å²) in [4.78, 5) is 17.1. The summed E-state index contributed by atoms with van der Waals surface area (Å²) in [5, 5.41) is 7.05. The van der Waals surface area contributed by atoms with Crippen LogP contribution in [-0.4, -0.2) is 63.1 Å². The van der Waals surface area contributed by atoms with Crippen molar-refractivity contribution in [3.63, 3.8) is 0 Å². The number of amides is 1. The molecule has 0 unspecified atom stereocenters. The fraction of sp³-hybridized carbons (Fsp3) is 0.364. The third kappa shape index (κ3) is 5.56. The fourth-order valence-corrected chi connectivity index (χ4v) is 7.58. The van der Waals surface area contributed by atoms with Crippen LogP contribution in [-0.2, 0) is 16.3 Å². The number of hydrogen-bond acceptors (Lipinski definition) is 8. The van der Waals surface area contributed by atoms with E-state index in [1.807, 2.05) is 18.2 Å². The molecule has 0 spiro atoms. The highest BCUT2D eigenvalue weighted by atomic mass is 35.5. The summed E-state index contributed by atoms with van der Waals surface area (Å²) in [7, 11) is 0.155. The van der Waals surface area contributed by atoms with E-state index >= 15 is 0 Å². The molecule has 33 heavy (non-hydrogen) atoms. The number of aliphatic imine (C=N–C) groups is 1. The van der Waals surface area contributed by atoms with Gasteiger partial charge in [-0.1, -0.05) is 29.4 Å². The number of carbonyl (C=O) groups is 1. The number of amidine groups is 1. The molecule has 0 saturated carbocycles. The average Bonchev–Trinajstić information content (AvgIpc) is 3.27. The zero-order chi connectivity index (χ0) is 23.6. The average molecular weight is 510 g/mol. The van der Waals surface area contributed by atoms with Gasteiger partial charge in [0.15, 0.2) is 26.5 Å². The highest BCUT2D eigenvalue weighted by Crippen LogP contribution is 2.35. The number of carbonyl (C=O) groups excluding carboxylic acids is 1. The van der Waals surface area contributed by atoms with Gasteiger partial charge in [-0.15, -0.1) is 0 Å². The Hall–Kier alpha value is -2.43. The van der Waals surface area contributed by atoms with Crippen molar-refractivity contribution >= 4 is 50.0 Å². The van der Waals surface area contributed by atoms with Gasteiger partial charge in [-0.05, 0) is 42.3 Å². The fourth-order valence-electron chi connectivity index (χ4n) is 3.75. The molecular weight excluding hydrogens is 486 g/mol. The van der Waals surface area contributed by atoms with Gasteiger partial charge in [0, 0.05) is 17.4 Å². The summed E-state index contributed by atoms with van der Waals surface area (Å²) >= 11 is 7.71. The number of anilines is 1. The van der Waals surface area contributed by atoms with Crippen LogP contribution in [0.4, 0.5) is 5.69 Å². The van der Waals surface area contributed by atoms with Crippen molar-refractivity contribution in [1.82, 2.24) is 5.32 Å². The summed E-state index contributed by atoms with van der Waals surface area (Å²) in [5.74, 6) is 1.28. The lowest BCUT2D eigenvalue weighted by molar-refractivity contribution is 0.0954. The third-order valence-electron chi connectivity index (χ3n) is 5.44. The molecule has 2 heterocycles. The predicted octanol–water partition coefficient (Wildman–Crippen LogP) is 3.01. The molecule has 0 aliphatic carbocycles. The third-order valence-corrected chi connectivity index (χ3v) is 8.91. The molecule has 1 fully saturated rings. The van der Waals surface area contributed by atoms with Crippen LogP contribution < -0.4 is 20.1 Å². The molecule has 0 bridgehead atoms. The summed E-state index contributed by atoms with van der Waals surface area (Å²) in [5.41, 5.74) is 2.02. The lowest BCUT2D eigenvalue weighted by Crippen LogP contribution is -2.25. The van der Waals surface area contributed by atoms with E-state index in [1.165, 1.54) is 11.8 Å². The van der Waals surface area contributed by atoms with Crippen molar-refractivity contribution in [2.24, 2.45) is 4.99 Å². The second kappa shape index (κ2) is 9.82. The minimum Gasteiger partial charge on any atom is -0.493 e. The first-order valence-electron chi connectivity index (χ1n) is 10.3. The number of nitrogens with one attached hydrogen (secondary N) is 2. The molecule has 2 aliphatic rings. The Balaban J connectivity index is 1.36. The predicted molar refractivity (Wildman–Crippen MR) is 132 cm³/mol. The molecule has 2 atom stereocenters. The van der Waals surface area contributed by atoms with E-state index in [-0.39, 0.29) is 28.7 Å². The first-order valence-corrected chi connectivity index (χ1v) is 13.4. The van der Waals surface area contributed by atoms with Crippen LogP contribution in [0.3, 0.4) is 0 Å². The van der Waals surface area contributed by atoms with Crippen molar-refractivity contribution in [1.29, 1.82) is 0 Å². The monoisotopic (exact) mass is 509 g/mol. The van der Waals surface area contributed by atoms with Gasteiger partial charge in [0.2, 0.25) is 0 Å². The standard InChI is InChI=1S/C22H24ClN3O5S2/c1-30-18-6-3-13(9-19(18)31-2)7-8-24-21(27)14-4-5-15(23)16(10-14)25-22-26-17-11-33(28,29)12-20(17)32-22/h3-6,9-10,17,20H,7-8,11-12H2,1-2H3,(H,24,27)(H,25,26)/t17-,20+/m0/s1. The normalized spacial score (nSPS) is 20.6. The number of thioether (sulfide) groups is 1. The molecule has 8 nitrogen and oxygen atoms in total. The van der Waals surface area contributed by atoms with Crippen molar-refractivity contribution in [2.45, 2.75) is 17.7 Å². The van der Waals surface area contributed by atoms with Crippen molar-refractivity contribution in [2.75, 3.05) is 37.6 Å². The second-order valence-corrected chi connectivity index (χ2v) is 11.5. The molecule has 0 aromatic heterocycles. The molecule has 1 amide bonds. The number of nitrogens with zero attached hydrogens (tertiary/aromatic N) is 1. The van der Waals surface area contributed by atoms with E-state index in [2.05, 4.69) is 15.6 Å². The second-order valence-electron chi connectivity index (χ2n) is 7.75. The van der Waals surface area contributed by atoms with Crippen LogP contribution in [0.25, 0.3) is 0 Å². The van der Waals surface area contributed by atoms with Crippen LogP contribution >= 0.6 is 23.4 Å². The number of sulfone groups is 1. The Morgan fingerprint density at radius 1 is 1.15 bits per heavy atom. The van der Waals surface area contributed by atoms with Gasteiger partial charge in [-0.3, -0.25) is 9.79 Å². The number of halogens is 1. The molecule has 0 radical (unpaired) electrons. The number of rotatable bonds is 7. The van der Waals surface area contributed by atoms with Gasteiger partial charge >= 0.3 is 0 Å². The Kier molecular flexibility index (Phi) is 7.06. The molecular formula is C22H24ClN3O5S2. The smallest absolute Gasteiger partial charge is 0.251 e. The van der Waals surface area contributed by atoms with Gasteiger partial charge < -0.3 is 20.1 Å². The van der Waals surface area contributed by atoms with Gasteiger partial charge in [-0.25, -0.2) is 8.42 Å². The van der Waals surface area contributed by atoms with Crippen LogP contribution in [0, 0.1) is 0 Å². The zero-order valence-electron chi connectivity index (χ0n) is 18.1. The Morgan fingerprint density at radius 3 is 2.67 bits per heavy atom. The number of ether oxygens (including phenoxy) is 2. The molecule has 2 aromatic carbocycles. The lowest BCUT2D eigenvalue weighted by Gasteiger charge is -2.12. The zero-order valence-corrected chi connectivity index (χ0v) is 20.5. The first kappa shape index (κ1) is 23.7. The molecule has 1 saturated heterocycles. The summed E-state index contributed by atoms with van der Waals surface area (Å²) in [6, 6.07) is 10.4.